The van der Waals surface area contributed by atoms with Gasteiger partial charge in [0.15, 0.2) is 0 Å². The van der Waals surface area contributed by atoms with Crippen LogP contribution in [0.2, 0.25) is 0 Å². The molecule has 0 aromatic heterocycles. The zero-order chi connectivity index (χ0) is 12.8. The van der Waals surface area contributed by atoms with Crippen LogP contribution in [0, 0.1) is 5.92 Å². The van der Waals surface area contributed by atoms with E-state index in [1.54, 1.807) is 0 Å². The van der Waals surface area contributed by atoms with Gasteiger partial charge in [0.1, 0.15) is 0 Å². The molecule has 0 radical (unpaired) electrons. The minimum atomic E-state index is 0.0511. The molecule has 18 heavy (non-hydrogen) atoms. The van der Waals surface area contributed by atoms with Crippen molar-refractivity contribution in [3.8, 4) is 0 Å². The Kier molecular flexibility index (Phi) is 5.05. The molecule has 2 rings (SSSR count). The summed E-state index contributed by atoms with van der Waals surface area (Å²) in [6.07, 6.45) is 10.6. The first-order chi connectivity index (χ1) is 8.75. The molecule has 2 aliphatic rings. The molecule has 0 atom stereocenters. The number of amides is 2. The Balaban J connectivity index is 1.69. The zero-order valence-electron chi connectivity index (χ0n) is 11.4. The summed E-state index contributed by atoms with van der Waals surface area (Å²) in [6.45, 7) is 3.61. The van der Waals surface area contributed by atoms with E-state index in [1.807, 2.05) is 11.1 Å². The van der Waals surface area contributed by atoms with E-state index in [0.29, 0.717) is 5.92 Å². The fourth-order valence-electron chi connectivity index (χ4n) is 2.68. The third kappa shape index (κ3) is 4.02. The third-order valence-electron chi connectivity index (χ3n) is 4.02. The predicted octanol–water partition coefficient (Wildman–Crippen LogP) is 2.04. The fraction of sp³-hybridized carbons (Fsp3) is 0.786. The Morgan fingerprint density at radius 1 is 1.11 bits per heavy atom. The highest BCUT2D eigenvalue weighted by atomic mass is 16.2. The number of nitrogens with zero attached hydrogens (tertiary/aromatic N) is 2. The SMILES string of the molecule is CN1CCN(C(=O)N/C=C/C2CCCCC2)CC1. The highest BCUT2D eigenvalue weighted by molar-refractivity contribution is 5.75. The van der Waals surface area contributed by atoms with Gasteiger partial charge in [-0.25, -0.2) is 4.79 Å². The van der Waals surface area contributed by atoms with Crippen molar-refractivity contribution in [2.75, 3.05) is 33.2 Å². The van der Waals surface area contributed by atoms with Crippen LogP contribution in [-0.2, 0) is 0 Å². The molecule has 0 spiro atoms. The lowest BCUT2D eigenvalue weighted by molar-refractivity contribution is 0.157. The van der Waals surface area contributed by atoms with E-state index in [4.69, 9.17) is 0 Å². The highest BCUT2D eigenvalue weighted by Gasteiger charge is 2.18. The lowest BCUT2D eigenvalue weighted by Gasteiger charge is -2.32. The van der Waals surface area contributed by atoms with Crippen LogP contribution in [-0.4, -0.2) is 49.1 Å². The van der Waals surface area contributed by atoms with Crippen molar-refractivity contribution in [2.45, 2.75) is 32.1 Å². The van der Waals surface area contributed by atoms with Gasteiger partial charge in [-0.3, -0.25) is 0 Å². The number of allylic oxidation sites excluding steroid dienone is 1. The highest BCUT2D eigenvalue weighted by Crippen LogP contribution is 2.24. The molecule has 1 saturated heterocycles. The predicted molar refractivity (Wildman–Crippen MR) is 73.3 cm³/mol. The second-order valence-electron chi connectivity index (χ2n) is 5.50. The van der Waals surface area contributed by atoms with Gasteiger partial charge >= 0.3 is 6.03 Å². The molecule has 0 bridgehead atoms. The molecule has 102 valence electrons. The lowest BCUT2D eigenvalue weighted by Crippen LogP contribution is -2.49. The Morgan fingerprint density at radius 3 is 2.44 bits per heavy atom. The van der Waals surface area contributed by atoms with Crippen LogP contribution in [0.25, 0.3) is 0 Å². The summed E-state index contributed by atoms with van der Waals surface area (Å²) in [5.74, 6) is 0.673. The van der Waals surface area contributed by atoms with E-state index in [0.717, 1.165) is 26.2 Å². The summed E-state index contributed by atoms with van der Waals surface area (Å²) in [5.41, 5.74) is 0. The van der Waals surface area contributed by atoms with E-state index in [9.17, 15) is 4.79 Å². The Morgan fingerprint density at radius 2 is 1.78 bits per heavy atom. The average molecular weight is 251 g/mol. The van der Waals surface area contributed by atoms with Gasteiger partial charge in [0.25, 0.3) is 0 Å². The molecule has 1 N–H and O–H groups in total. The van der Waals surface area contributed by atoms with E-state index in [-0.39, 0.29) is 6.03 Å². The van der Waals surface area contributed by atoms with Gasteiger partial charge in [0, 0.05) is 32.4 Å². The van der Waals surface area contributed by atoms with Gasteiger partial charge in [-0.15, -0.1) is 0 Å². The maximum Gasteiger partial charge on any atom is 0.321 e. The maximum atomic E-state index is 11.9. The summed E-state index contributed by atoms with van der Waals surface area (Å²) < 4.78 is 0. The minimum Gasteiger partial charge on any atom is -0.322 e. The molecule has 4 nitrogen and oxygen atoms in total. The van der Waals surface area contributed by atoms with Crippen LogP contribution in [0.15, 0.2) is 12.3 Å². The number of likely N-dealkylation sites (N-methyl/N-ethyl adjacent to an activating group) is 1. The summed E-state index contributed by atoms with van der Waals surface area (Å²) in [7, 11) is 2.10. The Labute approximate surface area is 110 Å². The van der Waals surface area contributed by atoms with Crippen LogP contribution >= 0.6 is 0 Å². The number of piperazine rings is 1. The molecule has 1 saturated carbocycles. The molecular weight excluding hydrogens is 226 g/mol. The van der Waals surface area contributed by atoms with Crippen LogP contribution in [0.1, 0.15) is 32.1 Å². The van der Waals surface area contributed by atoms with Crippen molar-refractivity contribution in [3.63, 3.8) is 0 Å². The van der Waals surface area contributed by atoms with E-state index >= 15 is 0 Å². The summed E-state index contributed by atoms with van der Waals surface area (Å²) in [6, 6.07) is 0.0511. The first-order valence-corrected chi connectivity index (χ1v) is 7.16. The number of carbonyl (C=O) groups is 1. The molecule has 0 aromatic rings. The Bertz CT molecular complexity index is 289. The topological polar surface area (TPSA) is 35.6 Å². The molecular formula is C14H25N3O. The zero-order valence-corrected chi connectivity index (χ0v) is 11.4. The molecule has 1 aliphatic heterocycles. The number of urea groups is 1. The molecule has 2 amide bonds. The van der Waals surface area contributed by atoms with E-state index in [2.05, 4.69) is 23.3 Å². The standard InChI is InChI=1S/C14H25N3O/c1-16-9-11-17(12-10-16)14(18)15-8-7-13-5-3-2-4-6-13/h7-8,13H,2-6,9-12H2,1H3,(H,15,18)/b8-7+. The van der Waals surface area contributed by atoms with Gasteiger partial charge in [0.05, 0.1) is 0 Å². The van der Waals surface area contributed by atoms with Crippen molar-refractivity contribution in [1.82, 2.24) is 15.1 Å². The quantitative estimate of drug-likeness (QED) is 0.815. The molecule has 4 heteroatoms. The van der Waals surface area contributed by atoms with Crippen molar-refractivity contribution in [2.24, 2.45) is 5.92 Å². The first kappa shape index (κ1) is 13.4. The van der Waals surface area contributed by atoms with Gasteiger partial charge < -0.3 is 15.1 Å². The largest absolute Gasteiger partial charge is 0.322 e. The second-order valence-corrected chi connectivity index (χ2v) is 5.50. The maximum absolute atomic E-state index is 11.9. The monoisotopic (exact) mass is 251 g/mol. The van der Waals surface area contributed by atoms with Gasteiger partial charge in [-0.1, -0.05) is 25.3 Å². The molecule has 0 aromatic carbocycles. The number of hydrogen-bond donors (Lipinski definition) is 1. The lowest BCUT2D eigenvalue weighted by atomic mass is 9.89. The summed E-state index contributed by atoms with van der Waals surface area (Å²) in [4.78, 5) is 16.0. The fourth-order valence-corrected chi connectivity index (χ4v) is 2.68. The number of carbonyl (C=O) groups excluding carboxylic acids is 1. The van der Waals surface area contributed by atoms with Gasteiger partial charge in [0.2, 0.25) is 0 Å². The van der Waals surface area contributed by atoms with Crippen molar-refractivity contribution < 1.29 is 4.79 Å². The van der Waals surface area contributed by atoms with Gasteiger partial charge in [-0.05, 0) is 25.8 Å². The van der Waals surface area contributed by atoms with Crippen molar-refractivity contribution in [1.29, 1.82) is 0 Å². The first-order valence-electron chi connectivity index (χ1n) is 7.16. The number of rotatable bonds is 2. The number of hydrogen-bond acceptors (Lipinski definition) is 2. The smallest absolute Gasteiger partial charge is 0.321 e. The molecule has 2 fully saturated rings. The van der Waals surface area contributed by atoms with Crippen molar-refractivity contribution >= 4 is 6.03 Å². The molecule has 1 heterocycles. The van der Waals surface area contributed by atoms with E-state index in [1.165, 1.54) is 32.1 Å². The van der Waals surface area contributed by atoms with Crippen LogP contribution in [0.5, 0.6) is 0 Å². The summed E-state index contributed by atoms with van der Waals surface area (Å²) in [5, 5.41) is 2.90. The Hall–Kier alpha value is -1.03. The van der Waals surface area contributed by atoms with Gasteiger partial charge in [-0.2, -0.15) is 0 Å². The average Bonchev–Trinajstić information content (AvgIpc) is 2.40. The molecule has 0 unspecified atom stereocenters. The van der Waals surface area contributed by atoms with Crippen LogP contribution < -0.4 is 5.32 Å². The molecule has 1 aliphatic carbocycles. The third-order valence-corrected chi connectivity index (χ3v) is 4.02. The normalized spacial score (nSPS) is 23.5. The summed E-state index contributed by atoms with van der Waals surface area (Å²) >= 11 is 0. The second kappa shape index (κ2) is 6.78. The van der Waals surface area contributed by atoms with Crippen LogP contribution in [0.3, 0.4) is 0 Å². The minimum absolute atomic E-state index is 0.0511. The van der Waals surface area contributed by atoms with Crippen LogP contribution in [0.4, 0.5) is 4.79 Å². The van der Waals surface area contributed by atoms with Crippen molar-refractivity contribution in [3.05, 3.63) is 12.3 Å². The number of nitrogens with one attached hydrogen (secondary N) is 1. The van der Waals surface area contributed by atoms with E-state index < -0.39 is 0 Å².